The number of aromatic nitrogens is 3. The number of aryl methyl sites for hydroxylation is 1. The van der Waals surface area contributed by atoms with Crippen LogP contribution >= 0.6 is 11.6 Å². The van der Waals surface area contributed by atoms with Gasteiger partial charge in [0, 0.05) is 47.6 Å². The van der Waals surface area contributed by atoms with E-state index in [1.54, 1.807) is 24.5 Å². The van der Waals surface area contributed by atoms with E-state index in [4.69, 9.17) is 11.6 Å². The van der Waals surface area contributed by atoms with Gasteiger partial charge in [-0.3, -0.25) is 19.7 Å². The molecule has 0 spiro atoms. The highest BCUT2D eigenvalue weighted by Gasteiger charge is 2.32. The van der Waals surface area contributed by atoms with Crippen molar-refractivity contribution in [3.8, 4) is 0 Å². The smallest absolute Gasteiger partial charge is 0.225 e. The van der Waals surface area contributed by atoms with Crippen LogP contribution in [-0.4, -0.2) is 33.0 Å². The summed E-state index contributed by atoms with van der Waals surface area (Å²) < 4.78 is 0. The van der Waals surface area contributed by atoms with Crippen LogP contribution in [0.5, 0.6) is 0 Å². The lowest BCUT2D eigenvalue weighted by atomic mass is 9.78. The zero-order valence-electron chi connectivity index (χ0n) is 17.0. The highest BCUT2D eigenvalue weighted by molar-refractivity contribution is 6.30. The van der Waals surface area contributed by atoms with Crippen LogP contribution in [0, 0.1) is 0 Å². The first kappa shape index (κ1) is 21.1. The lowest BCUT2D eigenvalue weighted by Gasteiger charge is -2.35. The Labute approximate surface area is 185 Å². The maximum Gasteiger partial charge on any atom is 0.225 e. The summed E-state index contributed by atoms with van der Waals surface area (Å²) in [6.45, 7) is 0. The van der Waals surface area contributed by atoms with Crippen LogP contribution in [-0.2, 0) is 22.4 Å². The van der Waals surface area contributed by atoms with Gasteiger partial charge in [-0.25, -0.2) is 0 Å². The normalized spacial score (nSPS) is 17.6. The van der Waals surface area contributed by atoms with Gasteiger partial charge in [0.05, 0.1) is 6.42 Å². The molecule has 2 aromatic heterocycles. The number of amides is 2. The van der Waals surface area contributed by atoms with Crippen LogP contribution in [0.15, 0.2) is 54.9 Å². The number of hydrogen-bond acceptors (Lipinski definition) is 4. The molecule has 1 aliphatic rings. The molecule has 0 radical (unpaired) electrons. The molecule has 3 N–H and O–H groups in total. The van der Waals surface area contributed by atoms with Crippen LogP contribution < -0.4 is 10.6 Å². The van der Waals surface area contributed by atoms with Crippen LogP contribution in [0.1, 0.15) is 42.0 Å². The number of H-pyrrole nitrogens is 1. The number of nitrogens with one attached hydrogen (secondary N) is 3. The van der Waals surface area contributed by atoms with Gasteiger partial charge in [-0.2, -0.15) is 5.10 Å². The largest absolute Gasteiger partial charge is 0.353 e. The number of benzene rings is 1. The van der Waals surface area contributed by atoms with E-state index in [1.807, 2.05) is 30.3 Å². The summed E-state index contributed by atoms with van der Waals surface area (Å²) in [5.41, 5.74) is 2.94. The topological polar surface area (TPSA) is 99.8 Å². The number of carbonyl (C=O) groups is 2. The van der Waals surface area contributed by atoms with E-state index >= 15 is 0 Å². The van der Waals surface area contributed by atoms with Gasteiger partial charge in [0.2, 0.25) is 11.8 Å². The van der Waals surface area contributed by atoms with Gasteiger partial charge in [0.15, 0.2) is 5.82 Å². The highest BCUT2D eigenvalue weighted by atomic mass is 35.5. The Morgan fingerprint density at radius 1 is 1.10 bits per heavy atom. The first-order chi connectivity index (χ1) is 15.0. The summed E-state index contributed by atoms with van der Waals surface area (Å²) in [7, 11) is 0. The summed E-state index contributed by atoms with van der Waals surface area (Å²) in [5, 5.41) is 13.8. The summed E-state index contributed by atoms with van der Waals surface area (Å²) in [6, 6.07) is 13.1. The fourth-order valence-electron chi connectivity index (χ4n) is 3.68. The van der Waals surface area contributed by atoms with Crippen molar-refractivity contribution in [1.29, 1.82) is 0 Å². The van der Waals surface area contributed by atoms with E-state index in [1.165, 1.54) is 0 Å². The Kier molecular flexibility index (Phi) is 6.62. The average Bonchev–Trinajstić information content (AvgIpc) is 3.19. The van der Waals surface area contributed by atoms with Gasteiger partial charge < -0.3 is 10.6 Å². The fraction of sp³-hybridized carbons (Fsp3) is 0.304. The number of halogens is 1. The van der Waals surface area contributed by atoms with E-state index in [2.05, 4.69) is 25.8 Å². The van der Waals surface area contributed by atoms with Crippen molar-refractivity contribution in [2.24, 2.45) is 0 Å². The fourth-order valence-corrected chi connectivity index (χ4v) is 3.80. The number of pyridine rings is 1. The molecular formula is C23H24ClN5O2. The Hall–Kier alpha value is -3.19. The molecule has 31 heavy (non-hydrogen) atoms. The molecule has 0 unspecified atom stereocenters. The molecule has 1 fully saturated rings. The predicted molar refractivity (Wildman–Crippen MR) is 119 cm³/mol. The van der Waals surface area contributed by atoms with Crippen LogP contribution in [0.25, 0.3) is 0 Å². The maximum atomic E-state index is 12.2. The van der Waals surface area contributed by atoms with Crippen molar-refractivity contribution >= 4 is 29.2 Å². The molecule has 1 aromatic carbocycles. The van der Waals surface area contributed by atoms with Gasteiger partial charge in [-0.1, -0.05) is 29.8 Å². The second-order valence-corrected chi connectivity index (χ2v) is 8.29. The number of rotatable bonds is 8. The second-order valence-electron chi connectivity index (χ2n) is 7.85. The number of hydrogen-bond donors (Lipinski definition) is 3. The minimum atomic E-state index is -0.0807. The molecular weight excluding hydrogens is 414 g/mol. The van der Waals surface area contributed by atoms with E-state index in [0.717, 1.165) is 29.7 Å². The quantitative estimate of drug-likeness (QED) is 0.501. The predicted octanol–water partition coefficient (Wildman–Crippen LogP) is 3.63. The summed E-state index contributed by atoms with van der Waals surface area (Å²) in [6.07, 6.45) is 6.53. The summed E-state index contributed by atoms with van der Waals surface area (Å²) >= 11 is 5.87. The van der Waals surface area contributed by atoms with E-state index in [0.29, 0.717) is 36.0 Å². The van der Waals surface area contributed by atoms with Crippen LogP contribution in [0.3, 0.4) is 0 Å². The van der Waals surface area contributed by atoms with Gasteiger partial charge >= 0.3 is 0 Å². The molecule has 4 rings (SSSR count). The maximum absolute atomic E-state index is 12.2. The minimum Gasteiger partial charge on any atom is -0.353 e. The standard InChI is InChI=1S/C23H24ClN5O2/c24-18-6-3-15(4-7-18)10-23(31)26-19-11-17(12-19)20-13-21(29-28-20)27-22(30)8-5-16-2-1-9-25-14-16/h1-4,6-7,9,13-14,17,19H,5,8,10-12H2,(H,26,31)(H2,27,28,29,30). The molecule has 7 nitrogen and oxygen atoms in total. The average molecular weight is 438 g/mol. The Morgan fingerprint density at radius 2 is 1.90 bits per heavy atom. The number of carbonyl (C=O) groups excluding carboxylic acids is 2. The van der Waals surface area contributed by atoms with Crippen molar-refractivity contribution in [1.82, 2.24) is 20.5 Å². The van der Waals surface area contributed by atoms with Crippen molar-refractivity contribution in [3.63, 3.8) is 0 Å². The number of anilines is 1. The lowest BCUT2D eigenvalue weighted by molar-refractivity contribution is -0.121. The van der Waals surface area contributed by atoms with Crippen molar-refractivity contribution in [3.05, 3.63) is 76.7 Å². The van der Waals surface area contributed by atoms with Gasteiger partial charge in [0.25, 0.3) is 0 Å². The Balaban J connectivity index is 1.18. The molecule has 1 saturated carbocycles. The molecule has 2 heterocycles. The van der Waals surface area contributed by atoms with Gasteiger partial charge in [-0.05, 0) is 48.6 Å². The van der Waals surface area contributed by atoms with E-state index < -0.39 is 0 Å². The summed E-state index contributed by atoms with van der Waals surface area (Å²) in [4.78, 5) is 28.4. The zero-order valence-corrected chi connectivity index (χ0v) is 17.7. The molecule has 3 aromatic rings. The van der Waals surface area contributed by atoms with Crippen molar-refractivity contribution in [2.45, 2.75) is 44.1 Å². The minimum absolute atomic E-state index is 0.0111. The molecule has 1 aliphatic carbocycles. The number of nitrogens with zero attached hydrogens (tertiary/aromatic N) is 2. The molecule has 0 aliphatic heterocycles. The third-order valence-electron chi connectivity index (χ3n) is 5.45. The van der Waals surface area contributed by atoms with Gasteiger partial charge in [-0.15, -0.1) is 0 Å². The van der Waals surface area contributed by atoms with Crippen LogP contribution in [0.4, 0.5) is 5.82 Å². The Morgan fingerprint density at radius 3 is 2.65 bits per heavy atom. The third-order valence-corrected chi connectivity index (χ3v) is 5.70. The van der Waals surface area contributed by atoms with Gasteiger partial charge in [0.1, 0.15) is 0 Å². The van der Waals surface area contributed by atoms with Crippen LogP contribution in [0.2, 0.25) is 5.02 Å². The molecule has 8 heteroatoms. The van der Waals surface area contributed by atoms with E-state index in [9.17, 15) is 9.59 Å². The molecule has 0 bridgehead atoms. The third kappa shape index (κ3) is 5.92. The van der Waals surface area contributed by atoms with Crippen molar-refractivity contribution in [2.75, 3.05) is 5.32 Å². The first-order valence-electron chi connectivity index (χ1n) is 10.3. The van der Waals surface area contributed by atoms with E-state index in [-0.39, 0.29) is 17.9 Å². The first-order valence-corrected chi connectivity index (χ1v) is 10.7. The number of aromatic amines is 1. The lowest BCUT2D eigenvalue weighted by Crippen LogP contribution is -2.44. The molecule has 160 valence electrons. The second kappa shape index (κ2) is 9.75. The zero-order chi connectivity index (χ0) is 21.6. The SMILES string of the molecule is O=C(CCc1cccnc1)Nc1cc(C2CC(NC(=O)Cc3ccc(Cl)cc3)C2)[nH]n1. The Bertz CT molecular complexity index is 1030. The highest BCUT2D eigenvalue weighted by Crippen LogP contribution is 2.36. The molecule has 0 atom stereocenters. The molecule has 2 amide bonds. The monoisotopic (exact) mass is 437 g/mol. The van der Waals surface area contributed by atoms with Crippen molar-refractivity contribution < 1.29 is 9.59 Å². The summed E-state index contributed by atoms with van der Waals surface area (Å²) in [5.74, 6) is 0.760. The molecule has 0 saturated heterocycles.